The fourth-order valence-corrected chi connectivity index (χ4v) is 6.66. The maximum absolute atomic E-state index is 13.1. The standard InChI is InChI=1S/C30H30N6O2S2/c1-20-10-11-25-24(15-20)28-29(36(25)18-22-7-4-3-5-8-22)31-30(33-32-28)40-19-27(38)34-12-13-35(21(2)17-34)26(37)16-23-9-6-14-39-23/h3-11,14-15,21H,12-13,16-19H2,1-2H3. The van der Waals surface area contributed by atoms with E-state index in [2.05, 4.69) is 52.0 Å². The number of aryl methyl sites for hydroxylation is 1. The van der Waals surface area contributed by atoms with Gasteiger partial charge in [-0.1, -0.05) is 59.8 Å². The number of thiophene rings is 1. The number of hydrogen-bond donors (Lipinski definition) is 0. The van der Waals surface area contributed by atoms with Crippen molar-refractivity contribution in [3.05, 3.63) is 82.0 Å². The molecule has 1 unspecified atom stereocenters. The Kier molecular flexibility index (Phi) is 7.53. The summed E-state index contributed by atoms with van der Waals surface area (Å²) in [6, 6.07) is 20.5. The van der Waals surface area contributed by atoms with Crippen LogP contribution < -0.4 is 0 Å². The molecule has 8 nitrogen and oxygen atoms in total. The molecule has 0 saturated carbocycles. The van der Waals surface area contributed by atoms with E-state index in [4.69, 9.17) is 4.98 Å². The normalized spacial score (nSPS) is 15.7. The van der Waals surface area contributed by atoms with Crippen molar-refractivity contribution in [3.63, 3.8) is 0 Å². The Hall–Kier alpha value is -3.76. The number of carbonyl (C=O) groups excluding carboxylic acids is 2. The first kappa shape index (κ1) is 26.5. The number of hydrogen-bond acceptors (Lipinski definition) is 7. The lowest BCUT2D eigenvalue weighted by Gasteiger charge is -2.40. The number of piperazine rings is 1. The third-order valence-electron chi connectivity index (χ3n) is 7.32. The zero-order valence-corrected chi connectivity index (χ0v) is 24.1. The van der Waals surface area contributed by atoms with Gasteiger partial charge >= 0.3 is 0 Å². The van der Waals surface area contributed by atoms with Crippen molar-refractivity contribution in [1.82, 2.24) is 29.5 Å². The Morgan fingerprint density at radius 2 is 1.88 bits per heavy atom. The van der Waals surface area contributed by atoms with Crippen LogP contribution in [0.3, 0.4) is 0 Å². The van der Waals surface area contributed by atoms with E-state index < -0.39 is 0 Å². The first-order valence-electron chi connectivity index (χ1n) is 13.4. The van der Waals surface area contributed by atoms with Crippen molar-refractivity contribution in [3.8, 4) is 0 Å². The van der Waals surface area contributed by atoms with Crippen LogP contribution in [-0.4, -0.2) is 72.8 Å². The van der Waals surface area contributed by atoms with Crippen LogP contribution in [0.4, 0.5) is 0 Å². The summed E-state index contributed by atoms with van der Waals surface area (Å²) < 4.78 is 2.17. The second-order valence-electron chi connectivity index (χ2n) is 10.2. The molecule has 2 amide bonds. The predicted molar refractivity (Wildman–Crippen MR) is 160 cm³/mol. The maximum Gasteiger partial charge on any atom is 0.233 e. The van der Waals surface area contributed by atoms with Gasteiger partial charge in [-0.25, -0.2) is 4.98 Å². The highest BCUT2D eigenvalue weighted by molar-refractivity contribution is 7.99. The quantitative estimate of drug-likeness (QED) is 0.262. The van der Waals surface area contributed by atoms with Gasteiger partial charge in [0.05, 0.1) is 17.7 Å². The zero-order valence-electron chi connectivity index (χ0n) is 22.5. The summed E-state index contributed by atoms with van der Waals surface area (Å²) in [5.74, 6) is 0.359. The van der Waals surface area contributed by atoms with Crippen molar-refractivity contribution < 1.29 is 9.59 Å². The van der Waals surface area contributed by atoms with Crippen LogP contribution in [-0.2, 0) is 22.6 Å². The van der Waals surface area contributed by atoms with E-state index in [0.717, 1.165) is 32.5 Å². The number of thioether (sulfide) groups is 1. The minimum atomic E-state index is -0.0263. The van der Waals surface area contributed by atoms with Gasteiger partial charge in [0.2, 0.25) is 17.0 Å². The molecule has 0 aliphatic carbocycles. The molecule has 1 aliphatic rings. The zero-order chi connectivity index (χ0) is 27.6. The molecule has 10 heteroatoms. The second-order valence-corrected chi connectivity index (χ2v) is 12.2. The highest BCUT2D eigenvalue weighted by Gasteiger charge is 2.30. The van der Waals surface area contributed by atoms with E-state index in [1.54, 1.807) is 11.3 Å². The van der Waals surface area contributed by atoms with Gasteiger partial charge in [-0.2, -0.15) is 0 Å². The summed E-state index contributed by atoms with van der Waals surface area (Å²) in [4.78, 5) is 35.6. The Bertz CT molecular complexity index is 1670. The van der Waals surface area contributed by atoms with Crippen LogP contribution in [0, 0.1) is 6.92 Å². The van der Waals surface area contributed by atoms with Gasteiger partial charge in [0.25, 0.3) is 0 Å². The minimum absolute atomic E-state index is 0.0198. The van der Waals surface area contributed by atoms with Gasteiger partial charge in [0.1, 0.15) is 5.52 Å². The number of nitrogens with zero attached hydrogens (tertiary/aromatic N) is 6. The van der Waals surface area contributed by atoms with Gasteiger partial charge in [0.15, 0.2) is 5.65 Å². The molecule has 1 saturated heterocycles. The number of amides is 2. The molecule has 5 aromatic rings. The van der Waals surface area contributed by atoms with E-state index >= 15 is 0 Å². The lowest BCUT2D eigenvalue weighted by molar-refractivity contribution is -0.140. The number of fused-ring (bicyclic) bond motifs is 3. The molecule has 204 valence electrons. The third kappa shape index (κ3) is 5.46. The van der Waals surface area contributed by atoms with Crippen LogP contribution in [0.1, 0.15) is 22.9 Å². The van der Waals surface area contributed by atoms with E-state index in [-0.39, 0.29) is 23.6 Å². The van der Waals surface area contributed by atoms with Gasteiger partial charge in [0, 0.05) is 42.5 Å². The minimum Gasteiger partial charge on any atom is -0.338 e. The summed E-state index contributed by atoms with van der Waals surface area (Å²) in [6.45, 7) is 6.34. The molecule has 40 heavy (non-hydrogen) atoms. The molecule has 0 spiro atoms. The van der Waals surface area contributed by atoms with Gasteiger partial charge < -0.3 is 14.4 Å². The molecular formula is C30H30N6O2S2. The topological polar surface area (TPSA) is 84.2 Å². The Balaban J connectivity index is 1.15. The highest BCUT2D eigenvalue weighted by Crippen LogP contribution is 2.29. The molecule has 1 fully saturated rings. The fourth-order valence-electron chi connectivity index (χ4n) is 5.28. The summed E-state index contributed by atoms with van der Waals surface area (Å²) in [7, 11) is 0. The van der Waals surface area contributed by atoms with Gasteiger partial charge in [-0.15, -0.1) is 21.5 Å². The Morgan fingerprint density at radius 1 is 1.02 bits per heavy atom. The van der Waals surface area contributed by atoms with Crippen molar-refractivity contribution in [2.75, 3.05) is 25.4 Å². The lowest BCUT2D eigenvalue weighted by Crippen LogP contribution is -2.56. The number of carbonyl (C=O) groups is 2. The number of rotatable bonds is 7. The van der Waals surface area contributed by atoms with Crippen LogP contribution in [0.5, 0.6) is 0 Å². The van der Waals surface area contributed by atoms with Gasteiger partial charge in [-0.05, 0) is 43.0 Å². The van der Waals surface area contributed by atoms with E-state index in [9.17, 15) is 9.59 Å². The molecule has 4 heterocycles. The van der Waals surface area contributed by atoms with Crippen LogP contribution in [0.15, 0.2) is 71.2 Å². The number of aromatic nitrogens is 4. The highest BCUT2D eigenvalue weighted by atomic mass is 32.2. The van der Waals surface area contributed by atoms with Gasteiger partial charge in [-0.3, -0.25) is 9.59 Å². The molecule has 6 rings (SSSR count). The molecule has 1 atom stereocenters. The monoisotopic (exact) mass is 570 g/mol. The summed E-state index contributed by atoms with van der Waals surface area (Å²) in [5, 5.41) is 12.4. The summed E-state index contributed by atoms with van der Waals surface area (Å²) in [5.41, 5.74) is 4.92. The number of benzene rings is 2. The lowest BCUT2D eigenvalue weighted by atomic mass is 10.1. The van der Waals surface area contributed by atoms with E-state index in [1.807, 2.05) is 52.4 Å². The van der Waals surface area contributed by atoms with E-state index in [0.29, 0.717) is 37.8 Å². The second kappa shape index (κ2) is 11.4. The molecular weight excluding hydrogens is 541 g/mol. The van der Waals surface area contributed by atoms with Crippen molar-refractivity contribution in [2.45, 2.75) is 38.0 Å². The Morgan fingerprint density at radius 3 is 2.65 bits per heavy atom. The molecule has 0 radical (unpaired) electrons. The first-order chi connectivity index (χ1) is 19.5. The molecule has 1 aliphatic heterocycles. The summed E-state index contributed by atoms with van der Waals surface area (Å²) >= 11 is 2.90. The first-order valence-corrected chi connectivity index (χ1v) is 15.2. The average molecular weight is 571 g/mol. The molecule has 2 aromatic carbocycles. The van der Waals surface area contributed by atoms with E-state index in [1.165, 1.54) is 17.3 Å². The SMILES string of the molecule is Cc1ccc2c(c1)c1nnc(SCC(=O)N3CCN(C(=O)Cc4cccs4)C(C)C3)nc1n2Cc1ccccc1. The van der Waals surface area contributed by atoms with Crippen LogP contribution in [0.25, 0.3) is 22.1 Å². The largest absolute Gasteiger partial charge is 0.338 e. The van der Waals surface area contributed by atoms with Crippen molar-refractivity contribution >= 4 is 57.0 Å². The fraction of sp³-hybridized carbons (Fsp3) is 0.300. The third-order valence-corrected chi connectivity index (χ3v) is 9.02. The smallest absolute Gasteiger partial charge is 0.233 e. The molecule has 0 N–H and O–H groups in total. The Labute approximate surface area is 241 Å². The van der Waals surface area contributed by atoms with Crippen LogP contribution in [0.2, 0.25) is 0 Å². The average Bonchev–Trinajstić information content (AvgIpc) is 3.58. The molecule has 0 bridgehead atoms. The van der Waals surface area contributed by atoms with Crippen molar-refractivity contribution in [2.24, 2.45) is 0 Å². The van der Waals surface area contributed by atoms with Crippen molar-refractivity contribution in [1.29, 1.82) is 0 Å². The van der Waals surface area contributed by atoms with Crippen LogP contribution >= 0.6 is 23.1 Å². The summed E-state index contributed by atoms with van der Waals surface area (Å²) in [6.07, 6.45) is 0.416. The predicted octanol–water partition coefficient (Wildman–Crippen LogP) is 4.79. The molecule has 3 aromatic heterocycles. The maximum atomic E-state index is 13.1.